The maximum absolute atomic E-state index is 12.5. The summed E-state index contributed by atoms with van der Waals surface area (Å²) in [5.74, 6) is 0.252. The second-order valence-corrected chi connectivity index (χ2v) is 8.84. The Morgan fingerprint density at radius 2 is 1.81 bits per heavy atom. The van der Waals surface area contributed by atoms with Gasteiger partial charge in [-0.25, -0.2) is 4.98 Å². The van der Waals surface area contributed by atoms with Crippen molar-refractivity contribution in [1.29, 1.82) is 0 Å². The lowest BCUT2D eigenvalue weighted by molar-refractivity contribution is 0.0977. The van der Waals surface area contributed by atoms with Gasteiger partial charge in [-0.1, -0.05) is 38.1 Å². The Balaban J connectivity index is 1.48. The summed E-state index contributed by atoms with van der Waals surface area (Å²) < 4.78 is 1.04. The molecule has 3 N–H and O–H groups in total. The largest absolute Gasteiger partial charge is 0.507 e. The first-order valence-electron chi connectivity index (χ1n) is 9.82. The summed E-state index contributed by atoms with van der Waals surface area (Å²) in [6, 6.07) is 20.3. The predicted molar refractivity (Wildman–Crippen MR) is 131 cm³/mol. The number of aromatic nitrogens is 1. The number of fused-ring (bicyclic) bond motifs is 1. The Kier molecular flexibility index (Phi) is 5.97. The van der Waals surface area contributed by atoms with Crippen LogP contribution in [0.2, 0.25) is 0 Å². The number of hydrogen-bond donors (Lipinski definition) is 3. The standard InChI is InChI=1S/C24H21N3O2S2/c1-14(2)15-7-9-16(10-8-15)22(29)27-24(30)25-17-11-12-20(28)18(13-17)23-26-19-5-3-4-6-21(19)31-23/h3-14,28H,1-2H3,(H2,25,27,29,30). The number of para-hydroxylation sites is 1. The van der Waals surface area contributed by atoms with E-state index in [1.165, 1.54) is 16.9 Å². The molecule has 0 radical (unpaired) electrons. The highest BCUT2D eigenvalue weighted by atomic mass is 32.1. The third-order valence-corrected chi connectivity index (χ3v) is 6.12. The average molecular weight is 448 g/mol. The number of carbonyl (C=O) groups excluding carboxylic acids is 1. The number of thiazole rings is 1. The van der Waals surface area contributed by atoms with Gasteiger partial charge in [0.25, 0.3) is 5.91 Å². The van der Waals surface area contributed by atoms with Gasteiger partial charge in [-0.3, -0.25) is 10.1 Å². The van der Waals surface area contributed by atoms with Crippen LogP contribution in [0.5, 0.6) is 5.75 Å². The topological polar surface area (TPSA) is 74.2 Å². The van der Waals surface area contributed by atoms with E-state index in [4.69, 9.17) is 12.2 Å². The summed E-state index contributed by atoms with van der Waals surface area (Å²) in [7, 11) is 0. The summed E-state index contributed by atoms with van der Waals surface area (Å²) in [5.41, 5.74) is 3.83. The molecule has 0 atom stereocenters. The van der Waals surface area contributed by atoms with Crippen LogP contribution in [0.15, 0.2) is 66.7 Å². The maximum Gasteiger partial charge on any atom is 0.257 e. The number of aromatic hydroxyl groups is 1. The van der Waals surface area contributed by atoms with E-state index in [1.807, 2.05) is 36.4 Å². The van der Waals surface area contributed by atoms with Crippen molar-refractivity contribution in [3.63, 3.8) is 0 Å². The molecular weight excluding hydrogens is 426 g/mol. The highest BCUT2D eigenvalue weighted by Gasteiger charge is 2.13. The Hall–Kier alpha value is -3.29. The Labute approximate surface area is 189 Å². The molecule has 1 aromatic heterocycles. The van der Waals surface area contributed by atoms with Gasteiger partial charge in [0.05, 0.1) is 15.8 Å². The molecule has 0 bridgehead atoms. The summed E-state index contributed by atoms with van der Waals surface area (Å²) in [5, 5.41) is 16.9. The zero-order valence-electron chi connectivity index (χ0n) is 17.0. The number of carbonyl (C=O) groups is 1. The third-order valence-electron chi connectivity index (χ3n) is 4.85. The maximum atomic E-state index is 12.5. The monoisotopic (exact) mass is 447 g/mol. The van der Waals surface area contributed by atoms with Gasteiger partial charge in [0.1, 0.15) is 10.8 Å². The molecule has 0 unspecified atom stereocenters. The van der Waals surface area contributed by atoms with Crippen molar-refractivity contribution in [3.05, 3.63) is 77.9 Å². The first-order chi connectivity index (χ1) is 14.9. The molecule has 7 heteroatoms. The molecule has 156 valence electrons. The number of amides is 1. The van der Waals surface area contributed by atoms with E-state index in [-0.39, 0.29) is 16.8 Å². The predicted octanol–water partition coefficient (Wildman–Crippen LogP) is 5.92. The number of benzene rings is 3. The van der Waals surface area contributed by atoms with E-state index in [1.54, 1.807) is 30.3 Å². The number of thiocarbonyl (C=S) groups is 1. The molecule has 0 saturated heterocycles. The minimum atomic E-state index is -0.280. The van der Waals surface area contributed by atoms with E-state index >= 15 is 0 Å². The van der Waals surface area contributed by atoms with Crippen LogP contribution in [-0.2, 0) is 0 Å². The molecule has 4 rings (SSSR count). The molecule has 31 heavy (non-hydrogen) atoms. The normalized spacial score (nSPS) is 10.9. The van der Waals surface area contributed by atoms with E-state index in [2.05, 4.69) is 29.5 Å². The fourth-order valence-corrected chi connectivity index (χ4v) is 4.33. The van der Waals surface area contributed by atoms with Gasteiger partial charge in [-0.15, -0.1) is 11.3 Å². The van der Waals surface area contributed by atoms with Crippen molar-refractivity contribution in [2.75, 3.05) is 5.32 Å². The van der Waals surface area contributed by atoms with Crippen LogP contribution in [-0.4, -0.2) is 21.1 Å². The van der Waals surface area contributed by atoms with Gasteiger partial charge in [0.2, 0.25) is 0 Å². The zero-order chi connectivity index (χ0) is 22.0. The summed E-state index contributed by atoms with van der Waals surface area (Å²) in [4.78, 5) is 17.1. The van der Waals surface area contributed by atoms with Crippen LogP contribution in [0.1, 0.15) is 35.7 Å². The molecule has 1 heterocycles. The first-order valence-corrected chi connectivity index (χ1v) is 11.0. The molecule has 1 amide bonds. The first kappa shape index (κ1) is 21.0. The molecular formula is C24H21N3O2S2. The van der Waals surface area contributed by atoms with Crippen molar-refractivity contribution in [3.8, 4) is 16.3 Å². The Morgan fingerprint density at radius 3 is 2.52 bits per heavy atom. The number of rotatable bonds is 4. The molecule has 0 aliphatic heterocycles. The minimum absolute atomic E-state index is 0.129. The lowest BCUT2D eigenvalue weighted by Gasteiger charge is -2.12. The molecule has 4 aromatic rings. The molecule has 0 aliphatic rings. The Morgan fingerprint density at radius 1 is 1.06 bits per heavy atom. The van der Waals surface area contributed by atoms with Crippen molar-refractivity contribution in [2.45, 2.75) is 19.8 Å². The van der Waals surface area contributed by atoms with Crippen molar-refractivity contribution in [1.82, 2.24) is 10.3 Å². The average Bonchev–Trinajstić information content (AvgIpc) is 3.19. The van der Waals surface area contributed by atoms with Gasteiger partial charge in [0, 0.05) is 11.3 Å². The van der Waals surface area contributed by atoms with Crippen LogP contribution in [0.25, 0.3) is 20.8 Å². The van der Waals surface area contributed by atoms with Crippen LogP contribution in [0, 0.1) is 0 Å². The van der Waals surface area contributed by atoms with Gasteiger partial charge in [-0.2, -0.15) is 0 Å². The summed E-state index contributed by atoms with van der Waals surface area (Å²) in [6.45, 7) is 4.21. The van der Waals surface area contributed by atoms with Crippen LogP contribution in [0.3, 0.4) is 0 Å². The fourth-order valence-electron chi connectivity index (χ4n) is 3.13. The van der Waals surface area contributed by atoms with Crippen LogP contribution in [0.4, 0.5) is 5.69 Å². The highest BCUT2D eigenvalue weighted by Crippen LogP contribution is 2.36. The Bertz CT molecular complexity index is 1230. The molecule has 0 fully saturated rings. The second-order valence-electron chi connectivity index (χ2n) is 7.40. The van der Waals surface area contributed by atoms with Crippen LogP contribution < -0.4 is 10.6 Å². The highest BCUT2D eigenvalue weighted by molar-refractivity contribution is 7.80. The van der Waals surface area contributed by atoms with Crippen molar-refractivity contribution in [2.24, 2.45) is 0 Å². The lowest BCUT2D eigenvalue weighted by atomic mass is 10.0. The number of nitrogens with one attached hydrogen (secondary N) is 2. The quantitative estimate of drug-likeness (QED) is 0.267. The van der Waals surface area contributed by atoms with Gasteiger partial charge < -0.3 is 10.4 Å². The van der Waals surface area contributed by atoms with E-state index in [9.17, 15) is 9.90 Å². The molecule has 0 aliphatic carbocycles. The number of nitrogens with zero attached hydrogens (tertiary/aromatic N) is 1. The van der Waals surface area contributed by atoms with Gasteiger partial charge >= 0.3 is 0 Å². The minimum Gasteiger partial charge on any atom is -0.507 e. The molecule has 0 saturated carbocycles. The smallest absolute Gasteiger partial charge is 0.257 e. The number of phenolic OH excluding ortho intramolecular Hbond substituents is 1. The number of phenols is 1. The van der Waals surface area contributed by atoms with Gasteiger partial charge in [0.15, 0.2) is 5.11 Å². The van der Waals surface area contributed by atoms with Crippen molar-refractivity contribution < 1.29 is 9.90 Å². The van der Waals surface area contributed by atoms with Crippen molar-refractivity contribution >= 4 is 50.5 Å². The molecule has 0 spiro atoms. The van der Waals surface area contributed by atoms with Gasteiger partial charge in [-0.05, 0) is 66.2 Å². The van der Waals surface area contributed by atoms with E-state index in [0.717, 1.165) is 10.2 Å². The summed E-state index contributed by atoms with van der Waals surface area (Å²) >= 11 is 6.81. The number of hydrogen-bond acceptors (Lipinski definition) is 5. The second kappa shape index (κ2) is 8.83. The lowest BCUT2D eigenvalue weighted by Crippen LogP contribution is -2.34. The molecule has 3 aromatic carbocycles. The molecule has 5 nitrogen and oxygen atoms in total. The zero-order valence-corrected chi connectivity index (χ0v) is 18.7. The number of anilines is 1. The van der Waals surface area contributed by atoms with E-state index in [0.29, 0.717) is 27.7 Å². The SMILES string of the molecule is CC(C)c1ccc(C(=O)NC(=S)Nc2ccc(O)c(-c3nc4ccccc4s3)c2)cc1. The summed E-state index contributed by atoms with van der Waals surface area (Å²) in [6.07, 6.45) is 0. The fraction of sp³-hybridized carbons (Fsp3) is 0.125. The third kappa shape index (κ3) is 4.73. The van der Waals surface area contributed by atoms with E-state index < -0.39 is 0 Å². The van der Waals surface area contributed by atoms with Crippen LogP contribution >= 0.6 is 23.6 Å².